The van der Waals surface area contributed by atoms with Gasteiger partial charge in [0, 0.05) is 4.91 Å². The van der Waals surface area contributed by atoms with Crippen LogP contribution in [0.25, 0.3) is 0 Å². The van der Waals surface area contributed by atoms with Crippen LogP contribution in [0.3, 0.4) is 0 Å². The van der Waals surface area contributed by atoms with Crippen molar-refractivity contribution < 1.29 is 0 Å². The zero-order valence-corrected chi connectivity index (χ0v) is 7.91. The van der Waals surface area contributed by atoms with E-state index in [1.807, 2.05) is 6.92 Å². The normalized spacial score (nSPS) is 12.4. The molecule has 0 atom stereocenters. The topological polar surface area (TPSA) is 12.0 Å². The Morgan fingerprint density at radius 1 is 1.33 bits per heavy atom. The number of nitrogens with one attached hydrogen (secondary N) is 1. The van der Waals surface area contributed by atoms with Crippen LogP contribution in [0.1, 0.15) is 13.8 Å². The lowest BCUT2D eigenvalue weighted by Crippen LogP contribution is -2.14. The number of thiol groups is 2. The van der Waals surface area contributed by atoms with E-state index in [0.29, 0.717) is 10.0 Å². The average Bonchev–Trinajstić information content (AvgIpc) is 1.63. The van der Waals surface area contributed by atoms with Crippen LogP contribution in [0.15, 0.2) is 9.93 Å². The molecule has 4 heteroatoms. The van der Waals surface area contributed by atoms with Crippen molar-refractivity contribution in [3.8, 4) is 0 Å². The molecule has 0 spiro atoms. The summed E-state index contributed by atoms with van der Waals surface area (Å²) in [5.74, 6) is 0. The van der Waals surface area contributed by atoms with Crippen LogP contribution >= 0.6 is 37.5 Å². The highest BCUT2D eigenvalue weighted by atomic mass is 32.1. The summed E-state index contributed by atoms with van der Waals surface area (Å²) in [6.07, 6.45) is 0. The fourth-order valence-electron chi connectivity index (χ4n) is 0.257. The molecule has 52 valence electrons. The van der Waals surface area contributed by atoms with Crippen LogP contribution in [-0.4, -0.2) is 4.99 Å². The van der Waals surface area contributed by atoms with Crippen LogP contribution < -0.4 is 5.32 Å². The van der Waals surface area contributed by atoms with Crippen LogP contribution in [0, 0.1) is 0 Å². The van der Waals surface area contributed by atoms with Gasteiger partial charge in [-0.2, -0.15) is 0 Å². The first-order valence-electron chi connectivity index (χ1n) is 2.40. The molecule has 0 saturated heterocycles. The molecule has 0 bridgehead atoms. The van der Waals surface area contributed by atoms with Gasteiger partial charge in [0.15, 0.2) is 0 Å². The maximum absolute atomic E-state index is 4.76. The Balaban J connectivity index is 3.92. The van der Waals surface area contributed by atoms with Crippen molar-refractivity contribution in [2.45, 2.75) is 13.8 Å². The van der Waals surface area contributed by atoms with Gasteiger partial charge in [0.2, 0.25) is 0 Å². The van der Waals surface area contributed by atoms with Gasteiger partial charge in [0.25, 0.3) is 0 Å². The van der Waals surface area contributed by atoms with Crippen LogP contribution in [0.4, 0.5) is 0 Å². The largest absolute Gasteiger partial charge is 0.345 e. The molecule has 0 aromatic rings. The molecule has 0 aliphatic carbocycles. The van der Waals surface area contributed by atoms with Gasteiger partial charge in [-0.25, -0.2) is 0 Å². The van der Waals surface area contributed by atoms with E-state index in [-0.39, 0.29) is 0 Å². The third-order valence-corrected chi connectivity index (χ3v) is 1.59. The predicted octanol–water partition coefficient (Wildman–Crippen LogP) is 1.97. The van der Waals surface area contributed by atoms with E-state index >= 15 is 0 Å². The highest BCUT2D eigenvalue weighted by Crippen LogP contribution is 2.07. The van der Waals surface area contributed by atoms with Gasteiger partial charge >= 0.3 is 0 Å². The summed E-state index contributed by atoms with van der Waals surface area (Å²) in [6.45, 7) is 3.64. The number of allylic oxidation sites excluding steroid dienone is 1. The third kappa shape index (κ3) is 4.81. The molecule has 0 radical (unpaired) electrons. The molecule has 0 heterocycles. The van der Waals surface area contributed by atoms with Crippen molar-refractivity contribution >= 4 is 42.5 Å². The molecule has 0 aliphatic heterocycles. The van der Waals surface area contributed by atoms with Crippen molar-refractivity contribution in [1.29, 1.82) is 0 Å². The molecule has 0 rings (SSSR count). The Bertz CT molecular complexity index is 146. The molecule has 1 N–H and O–H groups in total. The quantitative estimate of drug-likeness (QED) is 0.420. The van der Waals surface area contributed by atoms with Gasteiger partial charge in [0.05, 0.1) is 10.0 Å². The molecule has 0 aliphatic rings. The Labute approximate surface area is 71.7 Å². The van der Waals surface area contributed by atoms with E-state index in [0.717, 1.165) is 4.91 Å². The Hall–Kier alpha value is 0.330. The van der Waals surface area contributed by atoms with E-state index in [4.69, 9.17) is 12.2 Å². The summed E-state index contributed by atoms with van der Waals surface area (Å²) >= 11 is 12.9. The van der Waals surface area contributed by atoms with Gasteiger partial charge in [-0.05, 0) is 13.8 Å². The Morgan fingerprint density at radius 3 is 1.89 bits per heavy atom. The molecule has 0 aromatic carbocycles. The van der Waals surface area contributed by atoms with Gasteiger partial charge in [0.1, 0.15) is 0 Å². The van der Waals surface area contributed by atoms with E-state index in [9.17, 15) is 0 Å². The minimum Gasteiger partial charge on any atom is -0.345 e. The van der Waals surface area contributed by atoms with Gasteiger partial charge in [-0.15, -0.1) is 25.3 Å². The average molecular weight is 179 g/mol. The summed E-state index contributed by atoms with van der Waals surface area (Å²) in [7, 11) is 0. The number of hydrogen-bond donors (Lipinski definition) is 3. The van der Waals surface area contributed by atoms with E-state index in [1.165, 1.54) is 0 Å². The first kappa shape index (κ1) is 9.33. The molecule has 0 saturated carbocycles. The SMILES string of the molecule is CC(=S)N/C(S)=C(\C)S. The van der Waals surface area contributed by atoms with Gasteiger partial charge in [-0.1, -0.05) is 12.2 Å². The van der Waals surface area contributed by atoms with Crippen molar-refractivity contribution in [3.63, 3.8) is 0 Å². The molecular formula is C5H9NS3. The van der Waals surface area contributed by atoms with Crippen LogP contribution in [0.2, 0.25) is 0 Å². The zero-order valence-electron chi connectivity index (χ0n) is 5.30. The van der Waals surface area contributed by atoms with Crippen LogP contribution in [0.5, 0.6) is 0 Å². The summed E-state index contributed by atoms with van der Waals surface area (Å²) in [5.41, 5.74) is 0. The molecule has 0 aromatic heterocycles. The maximum atomic E-state index is 4.76. The first-order valence-corrected chi connectivity index (χ1v) is 3.70. The lowest BCUT2D eigenvalue weighted by molar-refractivity contribution is 1.25. The summed E-state index contributed by atoms with van der Waals surface area (Å²) in [5, 5.41) is 3.55. The molecule has 9 heavy (non-hydrogen) atoms. The number of rotatable bonds is 1. The predicted molar refractivity (Wildman–Crippen MR) is 52.1 cm³/mol. The molecular weight excluding hydrogens is 170 g/mol. The lowest BCUT2D eigenvalue weighted by atomic mass is 10.6. The second-order valence-corrected chi connectivity index (χ2v) is 3.35. The summed E-state index contributed by atoms with van der Waals surface area (Å²) in [4.78, 5) is 1.54. The number of thiocarbonyl (C=S) groups is 1. The second-order valence-electron chi connectivity index (χ2n) is 1.62. The summed E-state index contributed by atoms with van der Waals surface area (Å²) < 4.78 is 0. The van der Waals surface area contributed by atoms with Gasteiger partial charge < -0.3 is 5.32 Å². The van der Waals surface area contributed by atoms with E-state index < -0.39 is 0 Å². The third-order valence-electron chi connectivity index (χ3n) is 0.637. The molecule has 0 amide bonds. The Kier molecular flexibility index (Phi) is 4.35. The zero-order chi connectivity index (χ0) is 7.44. The summed E-state index contributed by atoms with van der Waals surface area (Å²) in [6, 6.07) is 0. The van der Waals surface area contributed by atoms with Crippen molar-refractivity contribution in [2.24, 2.45) is 0 Å². The second kappa shape index (κ2) is 4.19. The number of hydrogen-bond acceptors (Lipinski definition) is 3. The van der Waals surface area contributed by atoms with Gasteiger partial charge in [-0.3, -0.25) is 0 Å². The molecule has 1 nitrogen and oxygen atoms in total. The van der Waals surface area contributed by atoms with Crippen molar-refractivity contribution in [2.75, 3.05) is 0 Å². The minimum atomic E-state index is 0.702. The van der Waals surface area contributed by atoms with E-state index in [1.54, 1.807) is 6.92 Å². The fourth-order valence-corrected chi connectivity index (χ4v) is 0.659. The van der Waals surface area contributed by atoms with Crippen molar-refractivity contribution in [1.82, 2.24) is 5.32 Å². The standard InChI is InChI=1S/C5H9NS3/c1-3(7)5(9)6-4(2)8/h7,9H,1-2H3,(H,6,8)/b5-3-. The monoisotopic (exact) mass is 179 g/mol. The molecule has 0 fully saturated rings. The highest BCUT2D eigenvalue weighted by molar-refractivity contribution is 7.88. The lowest BCUT2D eigenvalue weighted by Gasteiger charge is -2.02. The first-order chi connectivity index (χ1) is 4.04. The van der Waals surface area contributed by atoms with E-state index in [2.05, 4.69) is 30.6 Å². The van der Waals surface area contributed by atoms with Crippen molar-refractivity contribution in [3.05, 3.63) is 9.93 Å². The smallest absolute Gasteiger partial charge is 0.0789 e. The maximum Gasteiger partial charge on any atom is 0.0789 e. The minimum absolute atomic E-state index is 0.702. The Morgan fingerprint density at radius 2 is 1.78 bits per heavy atom. The molecule has 0 unspecified atom stereocenters. The fraction of sp³-hybridized carbons (Fsp3) is 0.400. The highest BCUT2D eigenvalue weighted by Gasteiger charge is 1.91. The van der Waals surface area contributed by atoms with Crippen LogP contribution in [-0.2, 0) is 0 Å².